The van der Waals surface area contributed by atoms with Crippen LogP contribution in [-0.4, -0.2) is 197 Å². The highest BCUT2D eigenvalue weighted by Crippen LogP contribution is 2.17. The first kappa shape index (κ1) is 84.1. The van der Waals surface area contributed by atoms with Crippen LogP contribution in [-0.2, 0) is 58.8 Å². The molecule has 5 N–H and O–H groups in total. The molecule has 0 heterocycles. The number of hydrogen-bond acceptors (Lipinski definition) is 16. The molecule has 0 unspecified atom stereocenters. The Hall–Kier alpha value is -8.12. The van der Waals surface area contributed by atoms with Crippen molar-refractivity contribution in [2.75, 3.05) is 85.3 Å². The van der Waals surface area contributed by atoms with Crippen LogP contribution in [0.3, 0.4) is 0 Å². The normalized spacial score (nSPS) is 11.9. The molecule has 500 valence electrons. The van der Waals surface area contributed by atoms with E-state index in [0.717, 1.165) is 42.6 Å². The van der Waals surface area contributed by atoms with E-state index < -0.39 is 78.6 Å². The van der Waals surface area contributed by atoms with Gasteiger partial charge in [0.2, 0.25) is 0 Å². The van der Waals surface area contributed by atoms with E-state index in [-0.39, 0.29) is 82.1 Å². The van der Waals surface area contributed by atoms with Gasteiger partial charge in [0.05, 0.1) is 0 Å². The van der Waals surface area contributed by atoms with E-state index in [4.69, 9.17) is 48.8 Å². The molecule has 0 aliphatic heterocycles. The molecule has 0 aliphatic carbocycles. The SMILES string of the molecule is C=CCOC(=O)N(CC(=O)O)C[C@@H](C)CC(C)C.C=CCOC(=O)N(CC(=O)O)C[C@@H](C)CCC(=O)OC(C)(C)C.C=CCOC(=O)N(CC(=O)O)C[C@@H](C)CCCCNC(=O)OC(C)(C)C.C=CCOC(=O)N(CC(=O)O)C[C@@H](C)Cc1ccccc1. The van der Waals surface area contributed by atoms with Crippen molar-refractivity contribution in [1.29, 1.82) is 0 Å². The first-order chi connectivity index (χ1) is 41.0. The Labute approximate surface area is 521 Å². The van der Waals surface area contributed by atoms with Gasteiger partial charge in [-0.25, -0.2) is 24.0 Å². The summed E-state index contributed by atoms with van der Waals surface area (Å²) in [5.74, 6) is -3.72. The van der Waals surface area contributed by atoms with E-state index in [1.54, 1.807) is 41.5 Å². The molecule has 0 radical (unpaired) electrons. The van der Waals surface area contributed by atoms with Crippen molar-refractivity contribution in [3.8, 4) is 0 Å². The Bertz CT molecular complexity index is 2280. The Morgan fingerprint density at radius 1 is 0.489 bits per heavy atom. The number of carbonyl (C=O) groups excluding carboxylic acids is 6. The predicted molar refractivity (Wildman–Crippen MR) is 332 cm³/mol. The second-order valence-electron chi connectivity index (χ2n) is 23.3. The number of aliphatic carboxylic acids is 4. The summed E-state index contributed by atoms with van der Waals surface area (Å²) in [6.07, 6.45) is 7.48. The fourth-order valence-corrected chi connectivity index (χ4v) is 7.88. The maximum Gasteiger partial charge on any atom is 0.410 e. The van der Waals surface area contributed by atoms with E-state index in [0.29, 0.717) is 38.5 Å². The summed E-state index contributed by atoms with van der Waals surface area (Å²) in [6, 6.07) is 9.87. The van der Waals surface area contributed by atoms with Crippen LogP contribution in [0.1, 0.15) is 127 Å². The quantitative estimate of drug-likeness (QED) is 0.0180. The fourth-order valence-electron chi connectivity index (χ4n) is 7.88. The molecule has 1 aromatic carbocycles. The number of nitrogens with one attached hydrogen (secondary N) is 1. The standard InChI is InChI=1S/C18H32N2O6.C16H27NO6.C16H21NO4.C13H23NO4/c1-6-11-25-17(24)20(13-15(21)22)12-14(2)9-7-8-10-19-16(23)26-18(3,4)5;1-6-9-22-15(21)17(11-13(18)19)10-12(2)7-8-14(20)23-16(3,4)5;1-3-9-21-16(20)17(12-15(18)19)11-13(2)10-14-7-5-4-6-8-14;1-5-6-18-13(17)14(9-12(15)16)8-11(4)7-10(2)3/h6,14H,1,7-13H2,2-5H3,(H,19,23)(H,21,22);6,12H,1,7-11H2,2-5H3,(H,18,19);3-8,13H,1,9-12H2,2H3,(H,18,19);5,10-11H,1,6-9H2,2-4H3,(H,15,16)/t14-;12-;13-;11-/m0000/s1. The number of nitrogens with zero attached hydrogens (tertiary/aromatic N) is 4. The molecule has 0 aliphatic rings. The van der Waals surface area contributed by atoms with Gasteiger partial charge in [0.15, 0.2) is 0 Å². The lowest BCUT2D eigenvalue weighted by molar-refractivity contribution is -0.155. The highest BCUT2D eigenvalue weighted by molar-refractivity contribution is 5.78. The molecular formula is C63H103N5O20. The molecule has 0 spiro atoms. The zero-order chi connectivity index (χ0) is 68.0. The second kappa shape index (κ2) is 48.0. The van der Waals surface area contributed by atoms with Gasteiger partial charge in [-0.15, -0.1) is 0 Å². The minimum Gasteiger partial charge on any atom is -0.480 e. The molecule has 25 heteroatoms. The zero-order valence-corrected chi connectivity index (χ0v) is 54.2. The van der Waals surface area contributed by atoms with Crippen LogP contribution in [0.2, 0.25) is 0 Å². The van der Waals surface area contributed by atoms with Gasteiger partial charge in [0.1, 0.15) is 63.8 Å². The van der Waals surface area contributed by atoms with Gasteiger partial charge >= 0.3 is 60.3 Å². The van der Waals surface area contributed by atoms with Gasteiger partial charge < -0.3 is 54.2 Å². The molecule has 4 atom stereocenters. The highest BCUT2D eigenvalue weighted by atomic mass is 16.6. The summed E-state index contributed by atoms with van der Waals surface area (Å²) in [5.41, 5.74) is 0.0936. The van der Waals surface area contributed by atoms with Gasteiger partial charge in [0.25, 0.3) is 0 Å². The third-order valence-electron chi connectivity index (χ3n) is 11.1. The molecule has 88 heavy (non-hydrogen) atoms. The average Bonchev–Trinajstić information content (AvgIpc) is 3.61. The number of amides is 5. The molecule has 0 saturated heterocycles. The van der Waals surface area contributed by atoms with Crippen LogP contribution in [0.15, 0.2) is 81.0 Å². The Balaban J connectivity index is -0.00000110. The number of hydrogen-bond donors (Lipinski definition) is 5. The molecule has 1 aromatic rings. The lowest BCUT2D eigenvalue weighted by Crippen LogP contribution is -2.39. The van der Waals surface area contributed by atoms with Crippen LogP contribution in [0.25, 0.3) is 0 Å². The van der Waals surface area contributed by atoms with Gasteiger partial charge in [-0.1, -0.05) is 129 Å². The molecule has 0 fully saturated rings. The summed E-state index contributed by atoms with van der Waals surface area (Å²) < 4.78 is 29.9. The van der Waals surface area contributed by atoms with Gasteiger partial charge in [0, 0.05) is 39.1 Å². The van der Waals surface area contributed by atoms with Crippen molar-refractivity contribution >= 4 is 60.3 Å². The third kappa shape index (κ3) is 51.1. The number of unbranched alkanes of at least 4 members (excludes halogenated alkanes) is 1. The van der Waals surface area contributed by atoms with Crippen LogP contribution in [0.5, 0.6) is 0 Å². The van der Waals surface area contributed by atoms with Crippen molar-refractivity contribution in [3.63, 3.8) is 0 Å². The number of esters is 1. The Morgan fingerprint density at radius 3 is 1.16 bits per heavy atom. The number of carboxylic acid groups (broad SMARTS) is 4. The summed E-state index contributed by atoms with van der Waals surface area (Å²) in [5, 5.41) is 38.2. The number of carbonyl (C=O) groups is 10. The topological polar surface area (TPSA) is 332 Å². The van der Waals surface area contributed by atoms with Crippen molar-refractivity contribution < 1.29 is 96.8 Å². The number of rotatable bonds is 36. The summed E-state index contributed by atoms with van der Waals surface area (Å²) in [4.78, 5) is 118. The van der Waals surface area contributed by atoms with Gasteiger partial charge in [-0.3, -0.25) is 43.6 Å². The van der Waals surface area contributed by atoms with Crippen molar-refractivity contribution in [2.24, 2.45) is 29.6 Å². The maximum absolute atomic E-state index is 11.9. The zero-order valence-electron chi connectivity index (χ0n) is 54.2. The van der Waals surface area contributed by atoms with E-state index in [1.807, 2.05) is 58.0 Å². The van der Waals surface area contributed by atoms with Crippen molar-refractivity contribution in [2.45, 2.75) is 139 Å². The predicted octanol–water partition coefficient (Wildman–Crippen LogP) is 10.4. The van der Waals surface area contributed by atoms with Crippen LogP contribution < -0.4 is 5.32 Å². The maximum atomic E-state index is 11.9. The molecule has 1 rings (SSSR count). The van der Waals surface area contributed by atoms with Gasteiger partial charge in [-0.2, -0.15) is 0 Å². The Kier molecular flexibility index (Phi) is 45.8. The van der Waals surface area contributed by atoms with Crippen molar-refractivity contribution in [3.05, 3.63) is 86.5 Å². The van der Waals surface area contributed by atoms with E-state index >= 15 is 0 Å². The number of benzene rings is 1. The van der Waals surface area contributed by atoms with Crippen LogP contribution in [0, 0.1) is 29.6 Å². The number of carboxylic acids is 4. The van der Waals surface area contributed by atoms with Crippen molar-refractivity contribution in [1.82, 2.24) is 24.9 Å². The first-order valence-corrected chi connectivity index (χ1v) is 29.2. The van der Waals surface area contributed by atoms with Crippen LogP contribution in [0.4, 0.5) is 24.0 Å². The minimum absolute atomic E-state index is 0.0151. The minimum atomic E-state index is -1.13. The second-order valence-corrected chi connectivity index (χ2v) is 23.3. The van der Waals surface area contributed by atoms with E-state index in [9.17, 15) is 47.9 Å². The lowest BCUT2D eigenvalue weighted by Gasteiger charge is -2.24. The monoisotopic (exact) mass is 1250 g/mol. The molecule has 0 aromatic heterocycles. The summed E-state index contributed by atoms with van der Waals surface area (Å²) >= 11 is 0. The summed E-state index contributed by atoms with van der Waals surface area (Å²) in [7, 11) is 0. The summed E-state index contributed by atoms with van der Waals surface area (Å²) in [6.45, 7) is 36.9. The number of ether oxygens (including phenoxy) is 6. The highest BCUT2D eigenvalue weighted by Gasteiger charge is 2.25. The molecule has 25 nitrogen and oxygen atoms in total. The van der Waals surface area contributed by atoms with E-state index in [2.05, 4.69) is 45.5 Å². The number of alkyl carbamates (subject to hydrolysis) is 1. The van der Waals surface area contributed by atoms with Crippen LogP contribution >= 0.6 is 0 Å². The molecule has 5 amide bonds. The first-order valence-electron chi connectivity index (χ1n) is 29.2. The third-order valence-corrected chi connectivity index (χ3v) is 11.1. The molecule has 0 bridgehead atoms. The molecular weight excluding hydrogens is 1150 g/mol. The lowest BCUT2D eigenvalue weighted by atomic mass is 9.98. The van der Waals surface area contributed by atoms with Gasteiger partial charge in [-0.05, 0) is 109 Å². The average molecular weight is 1250 g/mol. The van der Waals surface area contributed by atoms with E-state index in [1.165, 1.54) is 39.0 Å². The largest absolute Gasteiger partial charge is 0.480 e. The Morgan fingerprint density at radius 2 is 0.830 bits per heavy atom. The fraction of sp³-hybridized carbons (Fsp3) is 0.619. The smallest absolute Gasteiger partial charge is 0.410 e. The molecule has 0 saturated carbocycles.